The van der Waals surface area contributed by atoms with Crippen molar-refractivity contribution in [2.45, 2.75) is 0 Å². The Bertz CT molecular complexity index is 673. The fraction of sp³-hybridized carbons (Fsp3) is 0. The molecule has 104 valence electrons. The number of amides is 1. The Labute approximate surface area is 140 Å². The summed E-state index contributed by atoms with van der Waals surface area (Å²) in [5.74, 6) is -1.40. The van der Waals surface area contributed by atoms with Crippen LogP contribution in [-0.2, 0) is 0 Å². The molecule has 1 N–H and O–H groups in total. The predicted molar refractivity (Wildman–Crippen MR) is 86.2 cm³/mol. The maximum atomic E-state index is 13.1. The summed E-state index contributed by atoms with van der Waals surface area (Å²) in [5, 5.41) is 2.64. The molecule has 0 heterocycles. The van der Waals surface area contributed by atoms with Gasteiger partial charge in [0.15, 0.2) is 0 Å². The molecule has 0 unspecified atom stereocenters. The highest BCUT2D eigenvalue weighted by Gasteiger charge is 2.15. The van der Waals surface area contributed by atoms with E-state index in [4.69, 9.17) is 11.6 Å². The van der Waals surface area contributed by atoms with Gasteiger partial charge in [-0.15, -0.1) is 0 Å². The van der Waals surface area contributed by atoms with Crippen LogP contribution in [0.1, 0.15) is 10.4 Å². The van der Waals surface area contributed by atoms with Crippen molar-refractivity contribution in [2.75, 3.05) is 5.32 Å². The van der Waals surface area contributed by atoms with Gasteiger partial charge in [-0.05, 0) is 68.9 Å². The van der Waals surface area contributed by atoms with E-state index in [0.717, 1.165) is 6.07 Å². The summed E-state index contributed by atoms with van der Waals surface area (Å²) in [6, 6.07) is 6.10. The van der Waals surface area contributed by atoms with Crippen LogP contribution in [0.2, 0.25) is 5.02 Å². The van der Waals surface area contributed by atoms with Gasteiger partial charge in [0.05, 0.1) is 16.3 Å². The van der Waals surface area contributed by atoms with Crippen LogP contribution in [0, 0.1) is 15.2 Å². The third-order valence-corrected chi connectivity index (χ3v) is 4.24. The minimum absolute atomic E-state index is 0.0716. The van der Waals surface area contributed by atoms with Crippen molar-refractivity contribution in [1.29, 1.82) is 0 Å². The molecule has 0 bridgehead atoms. The van der Waals surface area contributed by atoms with Crippen molar-refractivity contribution in [3.8, 4) is 0 Å². The van der Waals surface area contributed by atoms with Crippen LogP contribution >= 0.6 is 50.1 Å². The van der Waals surface area contributed by atoms with Gasteiger partial charge < -0.3 is 5.32 Å². The molecule has 0 spiro atoms. The molecular formula is C13H6BrClF2INO. The summed E-state index contributed by atoms with van der Waals surface area (Å²) >= 11 is 10.9. The number of rotatable bonds is 2. The molecular weight excluding hydrogens is 466 g/mol. The summed E-state index contributed by atoms with van der Waals surface area (Å²) < 4.78 is 26.9. The normalized spacial score (nSPS) is 10.4. The van der Waals surface area contributed by atoms with E-state index < -0.39 is 17.5 Å². The Morgan fingerprint density at radius 1 is 1.20 bits per heavy atom. The topological polar surface area (TPSA) is 29.1 Å². The molecule has 2 nitrogen and oxygen atoms in total. The molecule has 0 aromatic heterocycles. The Balaban J connectivity index is 2.33. The van der Waals surface area contributed by atoms with Crippen molar-refractivity contribution in [2.24, 2.45) is 0 Å². The zero-order valence-electron chi connectivity index (χ0n) is 9.68. The van der Waals surface area contributed by atoms with Crippen LogP contribution in [0.5, 0.6) is 0 Å². The highest BCUT2D eigenvalue weighted by atomic mass is 127. The number of hydrogen-bond donors (Lipinski definition) is 1. The molecule has 0 aliphatic heterocycles. The lowest BCUT2D eigenvalue weighted by Crippen LogP contribution is -2.14. The minimum Gasteiger partial charge on any atom is -0.320 e. The number of nitrogens with one attached hydrogen (secondary N) is 1. The number of anilines is 1. The fourth-order valence-corrected chi connectivity index (χ4v) is 3.14. The van der Waals surface area contributed by atoms with Crippen LogP contribution in [0.15, 0.2) is 34.8 Å². The second-order valence-corrected chi connectivity index (χ2v) is 6.25. The van der Waals surface area contributed by atoms with E-state index in [0.29, 0.717) is 13.6 Å². The predicted octanol–water partition coefficient (Wildman–Crippen LogP) is 5.24. The second-order valence-electron chi connectivity index (χ2n) is 3.82. The number of benzene rings is 2. The minimum atomic E-state index is -0.517. The van der Waals surface area contributed by atoms with Gasteiger partial charge in [0.1, 0.15) is 11.6 Å². The summed E-state index contributed by atoms with van der Waals surface area (Å²) in [7, 11) is 0. The summed E-state index contributed by atoms with van der Waals surface area (Å²) in [6.45, 7) is 0. The van der Waals surface area contributed by atoms with Gasteiger partial charge in [-0.2, -0.15) is 0 Å². The number of carbonyl (C=O) groups excluding carboxylic acids is 1. The quantitative estimate of drug-likeness (QED) is 0.596. The van der Waals surface area contributed by atoms with Crippen molar-refractivity contribution in [3.05, 3.63) is 60.6 Å². The first-order valence-corrected chi connectivity index (χ1v) is 7.54. The van der Waals surface area contributed by atoms with Crippen LogP contribution in [0.3, 0.4) is 0 Å². The molecule has 0 aliphatic carbocycles. The highest BCUT2D eigenvalue weighted by molar-refractivity contribution is 14.1. The third kappa shape index (κ3) is 3.48. The van der Waals surface area contributed by atoms with Crippen LogP contribution < -0.4 is 5.32 Å². The maximum Gasteiger partial charge on any atom is 0.256 e. The van der Waals surface area contributed by atoms with E-state index in [2.05, 4.69) is 21.2 Å². The zero-order valence-corrected chi connectivity index (χ0v) is 14.2. The molecule has 2 rings (SSSR count). The first-order valence-electron chi connectivity index (χ1n) is 5.29. The van der Waals surface area contributed by atoms with Crippen LogP contribution in [-0.4, -0.2) is 5.91 Å². The molecule has 0 saturated heterocycles. The lowest BCUT2D eigenvalue weighted by Gasteiger charge is -2.10. The molecule has 1 amide bonds. The summed E-state index contributed by atoms with van der Waals surface area (Å²) in [4.78, 5) is 12.1. The average molecular weight is 472 g/mol. The van der Waals surface area contributed by atoms with Crippen LogP contribution in [0.25, 0.3) is 0 Å². The van der Waals surface area contributed by atoms with Crippen LogP contribution in [0.4, 0.5) is 14.5 Å². The maximum absolute atomic E-state index is 13.1. The molecule has 20 heavy (non-hydrogen) atoms. The summed E-state index contributed by atoms with van der Waals surface area (Å²) in [5.41, 5.74) is 0.567. The zero-order chi connectivity index (χ0) is 14.9. The fourth-order valence-electron chi connectivity index (χ4n) is 1.52. The second kappa shape index (κ2) is 6.36. The van der Waals surface area contributed by atoms with Gasteiger partial charge in [-0.1, -0.05) is 11.6 Å². The molecule has 2 aromatic rings. The van der Waals surface area contributed by atoms with Crippen molar-refractivity contribution < 1.29 is 13.6 Å². The molecule has 0 aliphatic rings. The van der Waals surface area contributed by atoms with Gasteiger partial charge in [0.25, 0.3) is 5.91 Å². The molecule has 0 atom stereocenters. The van der Waals surface area contributed by atoms with E-state index in [1.165, 1.54) is 24.3 Å². The van der Waals surface area contributed by atoms with Crippen molar-refractivity contribution in [3.63, 3.8) is 0 Å². The standard InChI is InChI=1S/C13H6BrClF2INO/c14-9-3-7(17)4-10(15)12(9)19-13(20)8-2-1-6(16)5-11(8)18/h1-5H,(H,19,20). The molecule has 0 saturated carbocycles. The molecule has 2 aromatic carbocycles. The van der Waals surface area contributed by atoms with Gasteiger partial charge in [0.2, 0.25) is 0 Å². The van der Waals surface area contributed by atoms with Gasteiger partial charge in [0, 0.05) is 8.04 Å². The molecule has 7 heteroatoms. The van der Waals surface area contributed by atoms with E-state index in [-0.39, 0.29) is 10.7 Å². The largest absolute Gasteiger partial charge is 0.320 e. The number of carbonyl (C=O) groups is 1. The first kappa shape index (κ1) is 15.7. The van der Waals surface area contributed by atoms with Crippen molar-refractivity contribution in [1.82, 2.24) is 0 Å². The molecule has 0 radical (unpaired) electrons. The van der Waals surface area contributed by atoms with E-state index in [9.17, 15) is 13.6 Å². The van der Waals surface area contributed by atoms with Gasteiger partial charge in [-0.3, -0.25) is 4.79 Å². The SMILES string of the molecule is O=C(Nc1c(Cl)cc(F)cc1Br)c1ccc(F)cc1I. The van der Waals surface area contributed by atoms with Crippen molar-refractivity contribution >= 4 is 61.7 Å². The van der Waals surface area contributed by atoms with E-state index >= 15 is 0 Å². The third-order valence-electron chi connectivity index (χ3n) is 2.42. The Morgan fingerprint density at radius 3 is 2.50 bits per heavy atom. The van der Waals surface area contributed by atoms with E-state index in [1.807, 2.05) is 22.6 Å². The molecule has 0 fully saturated rings. The van der Waals surface area contributed by atoms with Gasteiger partial charge in [-0.25, -0.2) is 8.78 Å². The number of hydrogen-bond acceptors (Lipinski definition) is 1. The monoisotopic (exact) mass is 471 g/mol. The lowest BCUT2D eigenvalue weighted by atomic mass is 10.2. The van der Waals surface area contributed by atoms with E-state index in [1.54, 1.807) is 0 Å². The average Bonchev–Trinajstić information content (AvgIpc) is 2.33. The number of halogens is 5. The Kier molecular flexibility index (Phi) is 4.98. The first-order chi connectivity index (χ1) is 9.38. The highest BCUT2D eigenvalue weighted by Crippen LogP contribution is 2.32. The van der Waals surface area contributed by atoms with Gasteiger partial charge >= 0.3 is 0 Å². The lowest BCUT2D eigenvalue weighted by molar-refractivity contribution is 0.102. The summed E-state index contributed by atoms with van der Waals surface area (Å²) in [6.07, 6.45) is 0. The Hall–Kier alpha value is -0.730. The Morgan fingerprint density at radius 2 is 1.90 bits per heavy atom. The smallest absolute Gasteiger partial charge is 0.256 e.